The number of rotatable bonds is 8. The van der Waals surface area contributed by atoms with Gasteiger partial charge in [-0.15, -0.1) is 16.4 Å². The highest BCUT2D eigenvalue weighted by Crippen LogP contribution is 2.31. The van der Waals surface area contributed by atoms with Crippen molar-refractivity contribution in [1.82, 2.24) is 10.0 Å². The number of piperidine rings is 1. The second kappa shape index (κ2) is 11.0. The molecule has 1 saturated heterocycles. The first-order chi connectivity index (χ1) is 16.4. The van der Waals surface area contributed by atoms with Gasteiger partial charge >= 0.3 is 6.16 Å². The minimum absolute atomic E-state index is 0.182. The van der Waals surface area contributed by atoms with Crippen molar-refractivity contribution in [2.24, 2.45) is 0 Å². The number of benzene rings is 2. The third-order valence-corrected chi connectivity index (χ3v) is 7.60. The Hall–Kier alpha value is -2.95. The van der Waals surface area contributed by atoms with E-state index in [1.807, 2.05) is 35.7 Å². The highest BCUT2D eigenvalue weighted by molar-refractivity contribution is 7.90. The molecule has 2 aromatic carbocycles. The molecular formula is C24H26N2O6S2. The summed E-state index contributed by atoms with van der Waals surface area (Å²) >= 11 is 1.60. The zero-order valence-electron chi connectivity index (χ0n) is 18.8. The molecule has 0 unspecified atom stereocenters. The van der Waals surface area contributed by atoms with Crippen LogP contribution in [0.4, 0.5) is 4.79 Å². The van der Waals surface area contributed by atoms with Gasteiger partial charge in [0.1, 0.15) is 19.0 Å². The van der Waals surface area contributed by atoms with Crippen molar-refractivity contribution in [1.29, 1.82) is 0 Å². The first-order valence-corrected chi connectivity index (χ1v) is 13.6. The fourth-order valence-electron chi connectivity index (χ4n) is 3.56. The van der Waals surface area contributed by atoms with Crippen LogP contribution in [0.2, 0.25) is 0 Å². The van der Waals surface area contributed by atoms with Crippen LogP contribution < -0.4 is 4.74 Å². The van der Waals surface area contributed by atoms with Crippen molar-refractivity contribution in [3.05, 3.63) is 76.2 Å². The van der Waals surface area contributed by atoms with Crippen molar-refractivity contribution < 1.29 is 27.5 Å². The van der Waals surface area contributed by atoms with E-state index in [4.69, 9.17) is 19.3 Å². The number of carbonyl (C=O) groups excluding carboxylic acids is 1. The van der Waals surface area contributed by atoms with Crippen LogP contribution in [0.15, 0.2) is 64.9 Å². The number of ether oxygens (including phenoxy) is 2. The highest BCUT2D eigenvalue weighted by atomic mass is 32.2. The van der Waals surface area contributed by atoms with E-state index in [0.717, 1.165) is 29.1 Å². The van der Waals surface area contributed by atoms with Gasteiger partial charge in [-0.1, -0.05) is 30.3 Å². The minimum atomic E-state index is -3.23. The lowest BCUT2D eigenvalue weighted by Gasteiger charge is -2.28. The first-order valence-electron chi connectivity index (χ1n) is 10.9. The summed E-state index contributed by atoms with van der Waals surface area (Å²) in [6.07, 6.45) is 2.13. The Kier molecular flexibility index (Phi) is 7.81. The zero-order chi connectivity index (χ0) is 24.0. The maximum Gasteiger partial charge on any atom is 0.528 e. The van der Waals surface area contributed by atoms with Crippen molar-refractivity contribution in [3.63, 3.8) is 0 Å². The topological polar surface area (TPSA) is 95.0 Å². The van der Waals surface area contributed by atoms with Crippen LogP contribution in [0.3, 0.4) is 0 Å². The van der Waals surface area contributed by atoms with Gasteiger partial charge in [-0.05, 0) is 42.7 Å². The summed E-state index contributed by atoms with van der Waals surface area (Å²) in [6, 6.07) is 15.8. The molecule has 0 radical (unpaired) electrons. The summed E-state index contributed by atoms with van der Waals surface area (Å²) in [6.45, 7) is 1.72. The Morgan fingerprint density at radius 2 is 1.76 bits per heavy atom. The predicted molar refractivity (Wildman–Crippen MR) is 127 cm³/mol. The van der Waals surface area contributed by atoms with E-state index >= 15 is 0 Å². The summed E-state index contributed by atoms with van der Waals surface area (Å²) in [4.78, 5) is 22.2. The predicted octanol–water partition coefficient (Wildman–Crippen LogP) is 4.57. The maximum absolute atomic E-state index is 12.0. The van der Waals surface area contributed by atoms with Crippen molar-refractivity contribution >= 4 is 27.3 Å². The first kappa shape index (κ1) is 24.2. The molecular weight excluding hydrogens is 476 g/mol. The van der Waals surface area contributed by atoms with Gasteiger partial charge < -0.3 is 14.3 Å². The number of hydrogen-bond acceptors (Lipinski definition) is 9. The molecule has 4 rings (SSSR count). The molecule has 0 saturated carbocycles. The molecule has 3 aromatic rings. The molecule has 2 heterocycles. The fraction of sp³-hybridized carbons (Fsp3) is 0.333. The van der Waals surface area contributed by atoms with Gasteiger partial charge in [-0.3, -0.25) is 0 Å². The lowest BCUT2D eigenvalue weighted by Crippen LogP contribution is -2.35. The van der Waals surface area contributed by atoms with E-state index in [2.05, 4.69) is 0 Å². The molecule has 1 aromatic heterocycles. The Labute approximate surface area is 203 Å². The van der Waals surface area contributed by atoms with Crippen molar-refractivity contribution in [2.75, 3.05) is 19.3 Å². The summed E-state index contributed by atoms with van der Waals surface area (Å²) in [5.74, 6) is 0.888. The summed E-state index contributed by atoms with van der Waals surface area (Å²) in [5, 5.41) is 4.66. The van der Waals surface area contributed by atoms with Crippen LogP contribution in [0.25, 0.3) is 0 Å². The molecule has 0 bridgehead atoms. The molecule has 1 aliphatic heterocycles. The van der Waals surface area contributed by atoms with Crippen molar-refractivity contribution in [2.45, 2.75) is 36.9 Å². The van der Waals surface area contributed by atoms with Gasteiger partial charge in [0.2, 0.25) is 0 Å². The number of hydrogen-bond donors (Lipinski definition) is 0. The Morgan fingerprint density at radius 1 is 1.06 bits per heavy atom. The lowest BCUT2D eigenvalue weighted by atomic mass is 9.99. The molecule has 0 amide bonds. The minimum Gasteiger partial charge on any atom is -0.487 e. The Bertz CT molecular complexity index is 1190. The molecule has 1 aliphatic rings. The van der Waals surface area contributed by atoms with Gasteiger partial charge in [-0.2, -0.15) is 0 Å². The van der Waals surface area contributed by atoms with Crippen LogP contribution in [0, 0.1) is 0 Å². The quantitative estimate of drug-likeness (QED) is 0.413. The molecule has 0 aliphatic carbocycles. The standard InChI is InChI=1S/C24H26N2O6S2/c1-34(28,29)22-9-7-21(8-10-22)30-16-20-17-33-23(25-20)19-11-13-26(14-12-19)32-24(27)31-15-18-5-3-2-4-6-18/h2-10,17,19H,11-16H2,1H3. The molecule has 10 heteroatoms. The van der Waals surface area contributed by atoms with Gasteiger partial charge in [0.25, 0.3) is 0 Å². The number of sulfone groups is 1. The average molecular weight is 503 g/mol. The molecule has 1 fully saturated rings. The second-order valence-electron chi connectivity index (χ2n) is 8.03. The smallest absolute Gasteiger partial charge is 0.487 e. The molecule has 0 N–H and O–H groups in total. The van der Waals surface area contributed by atoms with Crippen LogP contribution in [-0.4, -0.2) is 44.0 Å². The number of hydroxylamine groups is 2. The molecule has 0 atom stereocenters. The Balaban J connectivity index is 1.20. The highest BCUT2D eigenvalue weighted by Gasteiger charge is 2.25. The van der Waals surface area contributed by atoms with Crippen LogP contribution in [-0.2, 0) is 32.6 Å². The lowest BCUT2D eigenvalue weighted by molar-refractivity contribution is -0.140. The van der Waals surface area contributed by atoms with E-state index in [0.29, 0.717) is 31.4 Å². The average Bonchev–Trinajstić information content (AvgIpc) is 3.31. The number of carbonyl (C=O) groups is 1. The second-order valence-corrected chi connectivity index (χ2v) is 10.9. The number of nitrogens with zero attached hydrogens (tertiary/aromatic N) is 2. The zero-order valence-corrected chi connectivity index (χ0v) is 20.4. The van der Waals surface area contributed by atoms with Gasteiger partial charge in [0.15, 0.2) is 9.84 Å². The number of thiazole rings is 1. The summed E-state index contributed by atoms with van der Waals surface area (Å²) < 4.78 is 34.0. The van der Waals surface area contributed by atoms with E-state index < -0.39 is 16.0 Å². The van der Waals surface area contributed by atoms with Gasteiger partial charge in [-0.25, -0.2) is 18.2 Å². The van der Waals surface area contributed by atoms with Crippen LogP contribution in [0.5, 0.6) is 5.75 Å². The molecule has 8 nitrogen and oxygen atoms in total. The largest absolute Gasteiger partial charge is 0.528 e. The van der Waals surface area contributed by atoms with Crippen LogP contribution in [0.1, 0.15) is 35.0 Å². The summed E-state index contributed by atoms with van der Waals surface area (Å²) in [7, 11) is -3.23. The monoisotopic (exact) mass is 502 g/mol. The van der Waals surface area contributed by atoms with E-state index in [-0.39, 0.29) is 11.5 Å². The molecule has 0 spiro atoms. The van der Waals surface area contributed by atoms with E-state index in [1.54, 1.807) is 28.5 Å². The Morgan fingerprint density at radius 3 is 2.44 bits per heavy atom. The van der Waals surface area contributed by atoms with Crippen LogP contribution >= 0.6 is 11.3 Å². The van der Waals surface area contributed by atoms with E-state index in [9.17, 15) is 13.2 Å². The fourth-order valence-corrected chi connectivity index (χ4v) is 5.17. The van der Waals surface area contributed by atoms with Crippen molar-refractivity contribution in [3.8, 4) is 5.75 Å². The SMILES string of the molecule is CS(=O)(=O)c1ccc(OCc2csc(C3CCN(OC(=O)OCc4ccccc4)CC3)n2)cc1. The molecule has 180 valence electrons. The normalized spacial score (nSPS) is 15.1. The molecule has 34 heavy (non-hydrogen) atoms. The maximum atomic E-state index is 12.0. The van der Waals surface area contributed by atoms with E-state index in [1.165, 1.54) is 18.4 Å². The number of aromatic nitrogens is 1. The van der Waals surface area contributed by atoms with Gasteiger partial charge in [0, 0.05) is 30.6 Å². The van der Waals surface area contributed by atoms with Gasteiger partial charge in [0.05, 0.1) is 15.6 Å². The summed E-state index contributed by atoms with van der Waals surface area (Å²) in [5.41, 5.74) is 1.74. The third kappa shape index (κ3) is 6.78. The third-order valence-electron chi connectivity index (χ3n) is 5.41.